The minimum atomic E-state index is -0.543. The molecular weight excluding hydrogens is 293 g/mol. The van der Waals surface area contributed by atoms with Crippen LogP contribution in [0.25, 0.3) is 0 Å². The van der Waals surface area contributed by atoms with Gasteiger partial charge in [0.25, 0.3) is 0 Å². The third kappa shape index (κ3) is 3.40. The number of likely N-dealkylation sites (N-methyl/N-ethyl adjacent to an activating group) is 1. The van der Waals surface area contributed by atoms with Crippen molar-refractivity contribution < 1.29 is 9.18 Å². The van der Waals surface area contributed by atoms with E-state index in [1.165, 1.54) is 25.3 Å². The second-order valence-electron chi connectivity index (χ2n) is 6.88. The first-order valence-corrected chi connectivity index (χ1v) is 8.51. The number of halogens is 1. The van der Waals surface area contributed by atoms with Gasteiger partial charge >= 0.3 is 0 Å². The topological polar surface area (TPSA) is 26.8 Å². The summed E-state index contributed by atoms with van der Waals surface area (Å²) in [6.45, 7) is 3.85. The molecule has 23 heavy (non-hydrogen) atoms. The van der Waals surface area contributed by atoms with Gasteiger partial charge in [-0.15, -0.1) is 0 Å². The molecule has 3 rings (SSSR count). The van der Waals surface area contributed by atoms with Crippen LogP contribution in [0.1, 0.15) is 30.9 Å². The number of benzene rings is 1. The molecule has 0 aliphatic carbocycles. The van der Waals surface area contributed by atoms with Crippen molar-refractivity contribution in [3.8, 4) is 0 Å². The molecule has 2 saturated heterocycles. The van der Waals surface area contributed by atoms with Gasteiger partial charge in [0.1, 0.15) is 11.9 Å². The molecule has 1 unspecified atom stereocenters. The third-order valence-corrected chi connectivity index (χ3v) is 5.03. The van der Waals surface area contributed by atoms with Crippen LogP contribution in [0.4, 0.5) is 4.39 Å². The molecule has 1 amide bonds. The Morgan fingerprint density at radius 2 is 1.83 bits per heavy atom. The smallest absolute Gasteiger partial charge is 0.244 e. The van der Waals surface area contributed by atoms with Gasteiger partial charge in [0.15, 0.2) is 0 Å². The fourth-order valence-electron chi connectivity index (χ4n) is 3.65. The molecular formula is C18H26FN3O. The van der Waals surface area contributed by atoms with Gasteiger partial charge < -0.3 is 4.90 Å². The fraction of sp³-hybridized carbons (Fsp3) is 0.611. The van der Waals surface area contributed by atoms with E-state index in [9.17, 15) is 9.18 Å². The summed E-state index contributed by atoms with van der Waals surface area (Å²) in [6, 6.07) is 6.52. The highest BCUT2D eigenvalue weighted by Gasteiger charge is 2.39. The Labute approximate surface area is 137 Å². The number of hydrogen-bond acceptors (Lipinski definition) is 3. The molecule has 0 aromatic heterocycles. The molecule has 0 bridgehead atoms. The van der Waals surface area contributed by atoms with Crippen LogP contribution in [0.5, 0.6) is 0 Å². The van der Waals surface area contributed by atoms with Gasteiger partial charge in [-0.3, -0.25) is 14.6 Å². The first-order chi connectivity index (χ1) is 11.1. The molecule has 2 fully saturated rings. The summed E-state index contributed by atoms with van der Waals surface area (Å²) in [4.78, 5) is 19.0. The van der Waals surface area contributed by atoms with Crippen molar-refractivity contribution in [3.63, 3.8) is 0 Å². The van der Waals surface area contributed by atoms with E-state index in [-0.39, 0.29) is 11.7 Å². The summed E-state index contributed by atoms with van der Waals surface area (Å²) in [5.74, 6) is -0.305. The Morgan fingerprint density at radius 1 is 1.17 bits per heavy atom. The van der Waals surface area contributed by atoms with Gasteiger partial charge in [0.2, 0.25) is 5.91 Å². The highest BCUT2D eigenvalue weighted by molar-refractivity contribution is 5.84. The van der Waals surface area contributed by atoms with Crippen LogP contribution in [0.15, 0.2) is 24.3 Å². The number of amides is 1. The number of piperidine rings is 1. The van der Waals surface area contributed by atoms with E-state index in [0.717, 1.165) is 26.2 Å². The standard InChI is InChI=1S/C18H26FN3O/c1-20(2)17(15-8-4-5-9-16(15)19)18(23)22-12-14(13-22)21-10-6-3-7-11-21/h4-5,8-9,14,17H,3,6-7,10-13H2,1-2H3. The summed E-state index contributed by atoms with van der Waals surface area (Å²) in [5.41, 5.74) is 0.462. The predicted octanol–water partition coefficient (Wildman–Crippen LogP) is 2.13. The minimum absolute atomic E-state index is 0.00774. The molecule has 1 aromatic carbocycles. The largest absolute Gasteiger partial charge is 0.338 e. The number of carbonyl (C=O) groups is 1. The maximum Gasteiger partial charge on any atom is 0.244 e. The average molecular weight is 319 g/mol. The Balaban J connectivity index is 1.65. The van der Waals surface area contributed by atoms with E-state index in [1.54, 1.807) is 23.1 Å². The molecule has 2 aliphatic rings. The SMILES string of the molecule is CN(C)C(C(=O)N1CC(N2CCCCC2)C1)c1ccccc1F. The third-order valence-electron chi connectivity index (χ3n) is 5.03. The van der Waals surface area contributed by atoms with Crippen LogP contribution in [-0.4, -0.2) is 66.9 Å². The lowest BCUT2D eigenvalue weighted by atomic mass is 9.98. The monoisotopic (exact) mass is 319 g/mol. The Bertz CT molecular complexity index is 551. The average Bonchev–Trinajstić information content (AvgIpc) is 2.49. The Kier molecular flexibility index (Phi) is 4.97. The summed E-state index contributed by atoms with van der Waals surface area (Å²) in [5, 5.41) is 0. The number of carbonyl (C=O) groups excluding carboxylic acids is 1. The van der Waals surface area contributed by atoms with Crippen LogP contribution >= 0.6 is 0 Å². The number of hydrogen-bond donors (Lipinski definition) is 0. The lowest BCUT2D eigenvalue weighted by molar-refractivity contribution is -0.144. The zero-order chi connectivity index (χ0) is 16.4. The van der Waals surface area contributed by atoms with Crippen molar-refractivity contribution in [3.05, 3.63) is 35.6 Å². The zero-order valence-electron chi connectivity index (χ0n) is 14.0. The highest BCUT2D eigenvalue weighted by Crippen LogP contribution is 2.27. The summed E-state index contributed by atoms with van der Waals surface area (Å²) in [7, 11) is 3.66. The first kappa shape index (κ1) is 16.4. The zero-order valence-corrected chi connectivity index (χ0v) is 14.0. The molecule has 2 aliphatic heterocycles. The van der Waals surface area contributed by atoms with Crippen LogP contribution in [0.3, 0.4) is 0 Å². The van der Waals surface area contributed by atoms with Crippen molar-refractivity contribution in [2.75, 3.05) is 40.3 Å². The van der Waals surface area contributed by atoms with Crippen molar-refractivity contribution in [1.29, 1.82) is 0 Å². The van der Waals surface area contributed by atoms with Crippen molar-refractivity contribution in [2.24, 2.45) is 0 Å². The van der Waals surface area contributed by atoms with Crippen molar-refractivity contribution in [2.45, 2.75) is 31.3 Å². The van der Waals surface area contributed by atoms with E-state index in [2.05, 4.69) is 4.90 Å². The number of likely N-dealkylation sites (tertiary alicyclic amines) is 2. The van der Waals surface area contributed by atoms with Gasteiger partial charge in [-0.25, -0.2) is 4.39 Å². The first-order valence-electron chi connectivity index (χ1n) is 8.51. The van der Waals surface area contributed by atoms with E-state index < -0.39 is 6.04 Å². The predicted molar refractivity (Wildman–Crippen MR) is 88.6 cm³/mol. The molecule has 126 valence electrons. The summed E-state index contributed by atoms with van der Waals surface area (Å²) >= 11 is 0. The molecule has 2 heterocycles. The summed E-state index contributed by atoms with van der Waals surface area (Å²) < 4.78 is 14.1. The summed E-state index contributed by atoms with van der Waals surface area (Å²) in [6.07, 6.45) is 3.85. The van der Waals surface area contributed by atoms with Crippen molar-refractivity contribution >= 4 is 5.91 Å². The van der Waals surface area contributed by atoms with Gasteiger partial charge in [-0.05, 0) is 46.1 Å². The molecule has 0 radical (unpaired) electrons. The fourth-order valence-corrected chi connectivity index (χ4v) is 3.65. The molecule has 0 saturated carbocycles. The molecule has 0 spiro atoms. The molecule has 0 N–H and O–H groups in total. The highest BCUT2D eigenvalue weighted by atomic mass is 19.1. The van der Waals surface area contributed by atoms with Gasteiger partial charge in [-0.2, -0.15) is 0 Å². The number of rotatable bonds is 4. The molecule has 5 heteroatoms. The second kappa shape index (κ2) is 6.97. The van der Waals surface area contributed by atoms with E-state index in [0.29, 0.717) is 11.6 Å². The van der Waals surface area contributed by atoms with Crippen LogP contribution < -0.4 is 0 Å². The van der Waals surface area contributed by atoms with Crippen LogP contribution in [-0.2, 0) is 4.79 Å². The lowest BCUT2D eigenvalue weighted by Crippen LogP contribution is -2.63. The van der Waals surface area contributed by atoms with E-state index in [1.807, 2.05) is 19.0 Å². The van der Waals surface area contributed by atoms with Crippen LogP contribution in [0, 0.1) is 5.82 Å². The maximum atomic E-state index is 14.1. The maximum absolute atomic E-state index is 14.1. The molecule has 1 aromatic rings. The lowest BCUT2D eigenvalue weighted by Gasteiger charge is -2.48. The molecule has 4 nitrogen and oxygen atoms in total. The Morgan fingerprint density at radius 3 is 2.43 bits per heavy atom. The van der Waals surface area contributed by atoms with E-state index in [4.69, 9.17) is 0 Å². The van der Waals surface area contributed by atoms with Crippen molar-refractivity contribution in [1.82, 2.24) is 14.7 Å². The second-order valence-corrected chi connectivity index (χ2v) is 6.88. The quantitative estimate of drug-likeness (QED) is 0.850. The normalized spacial score (nSPS) is 21.3. The van der Waals surface area contributed by atoms with Gasteiger partial charge in [-0.1, -0.05) is 24.6 Å². The van der Waals surface area contributed by atoms with Crippen LogP contribution in [0.2, 0.25) is 0 Å². The van der Waals surface area contributed by atoms with Gasteiger partial charge in [0.05, 0.1) is 0 Å². The minimum Gasteiger partial charge on any atom is -0.338 e. The van der Waals surface area contributed by atoms with E-state index >= 15 is 0 Å². The Hall–Kier alpha value is -1.46. The number of nitrogens with zero attached hydrogens (tertiary/aromatic N) is 3. The molecule has 1 atom stereocenters. The van der Waals surface area contributed by atoms with Gasteiger partial charge in [0, 0.05) is 24.7 Å².